The molecule has 60 valence electrons. The van der Waals surface area contributed by atoms with E-state index in [9.17, 15) is 0 Å². The second kappa shape index (κ2) is 3.40. The van der Waals surface area contributed by atoms with Crippen molar-refractivity contribution in [2.24, 2.45) is 0 Å². The maximum Gasteiger partial charge on any atom is 0.00557 e. The molecule has 0 N–H and O–H groups in total. The number of benzene rings is 1. The maximum absolute atomic E-state index is 2.26. The monoisotopic (exact) mass is 156 g/mol. The second-order valence-corrected chi connectivity index (χ2v) is 3.07. The lowest BCUT2D eigenvalue weighted by Gasteiger charge is -2.12. The largest absolute Gasteiger partial charge is 0.0836 e. The molecule has 12 heavy (non-hydrogen) atoms. The van der Waals surface area contributed by atoms with Crippen molar-refractivity contribution in [3.05, 3.63) is 60.2 Å². The van der Waals surface area contributed by atoms with Crippen molar-refractivity contribution >= 4 is 0 Å². The molecule has 1 aliphatic carbocycles. The van der Waals surface area contributed by atoms with Crippen LogP contribution in [0.25, 0.3) is 0 Å². The molecule has 0 unspecified atom stereocenters. The first-order valence-corrected chi connectivity index (χ1v) is 4.35. The first-order valence-electron chi connectivity index (χ1n) is 4.35. The van der Waals surface area contributed by atoms with E-state index in [4.69, 9.17) is 0 Å². The zero-order valence-corrected chi connectivity index (χ0v) is 6.98. The lowest BCUT2D eigenvalue weighted by molar-refractivity contribution is 0.854. The van der Waals surface area contributed by atoms with Gasteiger partial charge in [0.2, 0.25) is 0 Å². The Hall–Kier alpha value is -1.30. The van der Waals surface area contributed by atoms with Crippen molar-refractivity contribution in [1.29, 1.82) is 0 Å². The fourth-order valence-corrected chi connectivity index (χ4v) is 1.53. The van der Waals surface area contributed by atoms with E-state index < -0.39 is 0 Å². The average molecular weight is 156 g/mol. The van der Waals surface area contributed by atoms with Crippen LogP contribution in [0.1, 0.15) is 17.9 Å². The summed E-state index contributed by atoms with van der Waals surface area (Å²) in [5, 5.41) is 0. The Morgan fingerprint density at radius 1 is 1.00 bits per heavy atom. The molecule has 0 spiro atoms. The predicted octanol–water partition coefficient (Wildman–Crippen LogP) is 3.29. The van der Waals surface area contributed by atoms with Gasteiger partial charge in [-0.1, -0.05) is 54.6 Å². The van der Waals surface area contributed by atoms with Crippen LogP contribution in [-0.2, 0) is 0 Å². The highest BCUT2D eigenvalue weighted by atomic mass is 14.1. The minimum atomic E-state index is 0.594. The smallest absolute Gasteiger partial charge is 0.00557 e. The van der Waals surface area contributed by atoms with E-state index in [1.165, 1.54) is 5.56 Å². The summed E-state index contributed by atoms with van der Waals surface area (Å²) in [6, 6.07) is 10.6. The van der Waals surface area contributed by atoms with Crippen molar-refractivity contribution in [3.63, 3.8) is 0 Å². The van der Waals surface area contributed by atoms with Gasteiger partial charge in [0.15, 0.2) is 0 Å². The van der Waals surface area contributed by atoms with Crippen LogP contribution in [-0.4, -0.2) is 0 Å². The Morgan fingerprint density at radius 2 is 1.83 bits per heavy atom. The maximum atomic E-state index is 2.26. The van der Waals surface area contributed by atoms with Gasteiger partial charge < -0.3 is 0 Å². The summed E-state index contributed by atoms with van der Waals surface area (Å²) in [6.07, 6.45) is 9.86. The number of allylic oxidation sites excluding steroid dienone is 4. The molecule has 0 aliphatic heterocycles. The third kappa shape index (κ3) is 1.48. The summed E-state index contributed by atoms with van der Waals surface area (Å²) in [7, 11) is 0. The molecule has 0 nitrogen and oxygen atoms in total. The first-order chi connectivity index (χ1) is 5.97. The van der Waals surface area contributed by atoms with E-state index in [2.05, 4.69) is 54.6 Å². The molecule has 0 aromatic heterocycles. The van der Waals surface area contributed by atoms with Crippen molar-refractivity contribution in [1.82, 2.24) is 0 Å². The van der Waals surface area contributed by atoms with Crippen molar-refractivity contribution < 1.29 is 0 Å². The molecule has 0 saturated heterocycles. The minimum absolute atomic E-state index is 0.594. The topological polar surface area (TPSA) is 0 Å². The van der Waals surface area contributed by atoms with Crippen LogP contribution in [0.15, 0.2) is 54.6 Å². The van der Waals surface area contributed by atoms with E-state index in [0.29, 0.717) is 5.92 Å². The van der Waals surface area contributed by atoms with Gasteiger partial charge in [-0.3, -0.25) is 0 Å². The van der Waals surface area contributed by atoms with E-state index >= 15 is 0 Å². The van der Waals surface area contributed by atoms with Gasteiger partial charge in [-0.25, -0.2) is 0 Å². The summed E-state index contributed by atoms with van der Waals surface area (Å²) in [6.45, 7) is 0. The van der Waals surface area contributed by atoms with Gasteiger partial charge in [-0.05, 0) is 12.0 Å². The molecule has 2 rings (SSSR count). The van der Waals surface area contributed by atoms with E-state index in [0.717, 1.165) is 6.42 Å². The van der Waals surface area contributed by atoms with Crippen LogP contribution in [0.2, 0.25) is 0 Å². The lowest BCUT2D eigenvalue weighted by atomic mass is 9.93. The minimum Gasteiger partial charge on any atom is -0.0836 e. The van der Waals surface area contributed by atoms with Crippen LogP contribution in [0.5, 0.6) is 0 Å². The summed E-state index contributed by atoms with van der Waals surface area (Å²) in [4.78, 5) is 0. The Kier molecular flexibility index (Phi) is 2.08. The van der Waals surface area contributed by atoms with Crippen molar-refractivity contribution in [2.75, 3.05) is 0 Å². The van der Waals surface area contributed by atoms with Gasteiger partial charge in [-0.2, -0.15) is 0 Å². The van der Waals surface area contributed by atoms with Gasteiger partial charge in [-0.15, -0.1) is 0 Å². The van der Waals surface area contributed by atoms with E-state index in [1.807, 2.05) is 0 Å². The molecule has 1 atom stereocenters. The summed E-state index contributed by atoms with van der Waals surface area (Å²) in [5.41, 5.74) is 1.41. The molecular formula is C12H12. The molecule has 0 saturated carbocycles. The first kappa shape index (κ1) is 7.35. The van der Waals surface area contributed by atoms with Crippen LogP contribution < -0.4 is 0 Å². The van der Waals surface area contributed by atoms with Crippen molar-refractivity contribution in [2.45, 2.75) is 12.3 Å². The molecule has 0 radical (unpaired) electrons. The third-order valence-corrected chi connectivity index (χ3v) is 2.21. The summed E-state index contributed by atoms with van der Waals surface area (Å²) < 4.78 is 0. The van der Waals surface area contributed by atoms with E-state index in [-0.39, 0.29) is 0 Å². The molecule has 0 fully saturated rings. The van der Waals surface area contributed by atoms with Crippen LogP contribution in [0, 0.1) is 0 Å². The van der Waals surface area contributed by atoms with E-state index in [1.54, 1.807) is 0 Å². The molecule has 0 heterocycles. The van der Waals surface area contributed by atoms with Crippen LogP contribution in [0.4, 0.5) is 0 Å². The average Bonchev–Trinajstić information content (AvgIpc) is 2.21. The molecule has 0 heteroatoms. The van der Waals surface area contributed by atoms with Gasteiger partial charge in [0.05, 0.1) is 0 Å². The highest BCUT2D eigenvalue weighted by molar-refractivity contribution is 5.28. The Morgan fingerprint density at radius 3 is 2.50 bits per heavy atom. The number of hydrogen-bond donors (Lipinski definition) is 0. The Balaban J connectivity index is 2.21. The van der Waals surface area contributed by atoms with Crippen LogP contribution >= 0.6 is 0 Å². The Labute approximate surface area is 73.2 Å². The fraction of sp³-hybridized carbons (Fsp3) is 0.167. The van der Waals surface area contributed by atoms with Gasteiger partial charge in [0, 0.05) is 5.92 Å². The zero-order chi connectivity index (χ0) is 8.23. The van der Waals surface area contributed by atoms with Gasteiger partial charge in [0.25, 0.3) is 0 Å². The molecule has 0 bridgehead atoms. The highest BCUT2D eigenvalue weighted by Gasteiger charge is 2.06. The quantitative estimate of drug-likeness (QED) is 0.585. The summed E-state index contributed by atoms with van der Waals surface area (Å²) >= 11 is 0. The standard InChI is InChI=1S/C12H12/c1-3-7-11(8-4-1)12-9-5-2-6-10-12/h1-9,12H,10H2/t12-/m0/s1. The molecule has 0 amide bonds. The SMILES string of the molecule is C1=CC[C@@H](c2ccccc2)C=C1. The molecule has 1 aliphatic rings. The fourth-order valence-electron chi connectivity index (χ4n) is 1.53. The third-order valence-electron chi connectivity index (χ3n) is 2.21. The summed E-state index contributed by atoms with van der Waals surface area (Å²) in [5.74, 6) is 0.594. The second-order valence-electron chi connectivity index (χ2n) is 3.07. The molecule has 1 aromatic carbocycles. The predicted molar refractivity (Wildman–Crippen MR) is 52.1 cm³/mol. The van der Waals surface area contributed by atoms with Gasteiger partial charge in [0.1, 0.15) is 0 Å². The molecular weight excluding hydrogens is 144 g/mol. The zero-order valence-electron chi connectivity index (χ0n) is 6.98. The highest BCUT2D eigenvalue weighted by Crippen LogP contribution is 2.23. The Bertz CT molecular complexity index is 293. The molecule has 1 aromatic rings. The number of hydrogen-bond acceptors (Lipinski definition) is 0. The normalized spacial score (nSPS) is 21.2. The van der Waals surface area contributed by atoms with Gasteiger partial charge >= 0.3 is 0 Å². The lowest BCUT2D eigenvalue weighted by Crippen LogP contribution is -1.94. The van der Waals surface area contributed by atoms with Crippen molar-refractivity contribution in [3.8, 4) is 0 Å². The van der Waals surface area contributed by atoms with Crippen LogP contribution in [0.3, 0.4) is 0 Å². The number of rotatable bonds is 1.